The first kappa shape index (κ1) is 15.4. The van der Waals surface area contributed by atoms with Gasteiger partial charge in [0, 0.05) is 16.7 Å². The van der Waals surface area contributed by atoms with Crippen molar-refractivity contribution in [1.29, 1.82) is 0 Å². The molecule has 0 N–H and O–H groups in total. The molecule has 1 aromatic carbocycles. The van der Waals surface area contributed by atoms with Gasteiger partial charge >= 0.3 is 0 Å². The normalized spacial score (nSPS) is 10.4. The van der Waals surface area contributed by atoms with Crippen molar-refractivity contribution >= 4 is 39.1 Å². The Labute approximate surface area is 136 Å². The lowest BCUT2D eigenvalue weighted by atomic mass is 10.2. The van der Waals surface area contributed by atoms with Gasteiger partial charge in [0.2, 0.25) is 5.88 Å². The largest absolute Gasteiger partial charge is 0.487 e. The molecule has 0 saturated heterocycles. The van der Waals surface area contributed by atoms with Gasteiger partial charge in [-0.15, -0.1) is 0 Å². The zero-order valence-corrected chi connectivity index (χ0v) is 13.8. The van der Waals surface area contributed by atoms with Crippen LogP contribution in [0.3, 0.4) is 0 Å². The van der Waals surface area contributed by atoms with Crippen molar-refractivity contribution in [3.8, 4) is 11.6 Å². The molecule has 1 heterocycles. The van der Waals surface area contributed by atoms with E-state index in [9.17, 15) is 0 Å². The SMILES string of the molecule is Cc1cc(Cl)c(OCCOc2ccc(Br)cn2)c(Cl)c1. The van der Waals surface area contributed by atoms with E-state index in [0.29, 0.717) is 34.9 Å². The maximum atomic E-state index is 6.08. The molecule has 0 atom stereocenters. The number of aryl methyl sites for hydroxylation is 1. The Kier molecular flexibility index (Phi) is 5.52. The van der Waals surface area contributed by atoms with E-state index < -0.39 is 0 Å². The molecule has 0 spiro atoms. The van der Waals surface area contributed by atoms with Crippen molar-refractivity contribution in [1.82, 2.24) is 4.98 Å². The minimum absolute atomic E-state index is 0.334. The number of pyridine rings is 1. The van der Waals surface area contributed by atoms with Crippen molar-refractivity contribution in [3.05, 3.63) is 50.5 Å². The van der Waals surface area contributed by atoms with E-state index in [2.05, 4.69) is 20.9 Å². The summed E-state index contributed by atoms with van der Waals surface area (Å²) >= 11 is 15.5. The van der Waals surface area contributed by atoms with Gasteiger partial charge in [-0.3, -0.25) is 0 Å². The Bertz CT molecular complexity index is 567. The molecule has 0 amide bonds. The van der Waals surface area contributed by atoms with Gasteiger partial charge in [-0.1, -0.05) is 23.2 Å². The van der Waals surface area contributed by atoms with Crippen LogP contribution in [0.25, 0.3) is 0 Å². The third-order valence-electron chi connectivity index (χ3n) is 2.42. The van der Waals surface area contributed by atoms with Crippen LogP contribution in [-0.4, -0.2) is 18.2 Å². The molecule has 0 fully saturated rings. The first-order valence-electron chi connectivity index (χ1n) is 5.89. The summed E-state index contributed by atoms with van der Waals surface area (Å²) in [6.45, 7) is 2.61. The molecule has 3 nitrogen and oxygen atoms in total. The van der Waals surface area contributed by atoms with E-state index in [1.807, 2.05) is 13.0 Å². The lowest BCUT2D eigenvalue weighted by Gasteiger charge is -2.11. The highest BCUT2D eigenvalue weighted by Crippen LogP contribution is 2.33. The molecule has 0 radical (unpaired) electrons. The number of hydrogen-bond donors (Lipinski definition) is 0. The van der Waals surface area contributed by atoms with Crippen molar-refractivity contribution in [2.45, 2.75) is 6.92 Å². The number of rotatable bonds is 5. The van der Waals surface area contributed by atoms with Gasteiger partial charge < -0.3 is 9.47 Å². The molecular formula is C14H12BrCl2NO2. The molecule has 0 bridgehead atoms. The number of aromatic nitrogens is 1. The molecular weight excluding hydrogens is 365 g/mol. The van der Waals surface area contributed by atoms with Crippen LogP contribution in [0.1, 0.15) is 5.56 Å². The maximum Gasteiger partial charge on any atom is 0.213 e. The highest BCUT2D eigenvalue weighted by molar-refractivity contribution is 9.10. The number of ether oxygens (including phenoxy) is 2. The second-order valence-electron chi connectivity index (χ2n) is 4.07. The third-order valence-corrected chi connectivity index (χ3v) is 3.45. The van der Waals surface area contributed by atoms with Gasteiger partial charge in [-0.05, 0) is 46.6 Å². The maximum absolute atomic E-state index is 6.08. The highest BCUT2D eigenvalue weighted by Gasteiger charge is 2.08. The molecule has 0 aliphatic carbocycles. The number of halogens is 3. The summed E-state index contributed by atoms with van der Waals surface area (Å²) < 4.78 is 11.9. The van der Waals surface area contributed by atoms with Gasteiger partial charge in [-0.2, -0.15) is 0 Å². The van der Waals surface area contributed by atoms with Crippen LogP contribution in [-0.2, 0) is 0 Å². The Morgan fingerprint density at radius 1 is 1.10 bits per heavy atom. The zero-order chi connectivity index (χ0) is 14.5. The number of nitrogens with zero attached hydrogens (tertiary/aromatic N) is 1. The van der Waals surface area contributed by atoms with Crippen LogP contribution in [0.5, 0.6) is 11.6 Å². The van der Waals surface area contributed by atoms with E-state index in [0.717, 1.165) is 10.0 Å². The Morgan fingerprint density at radius 2 is 1.75 bits per heavy atom. The zero-order valence-electron chi connectivity index (χ0n) is 10.7. The van der Waals surface area contributed by atoms with Crippen molar-refractivity contribution < 1.29 is 9.47 Å². The minimum atomic E-state index is 0.334. The Morgan fingerprint density at radius 3 is 2.35 bits per heavy atom. The summed E-state index contributed by atoms with van der Waals surface area (Å²) in [6.07, 6.45) is 1.67. The van der Waals surface area contributed by atoms with Crippen LogP contribution in [0.15, 0.2) is 34.9 Å². The predicted octanol–water partition coefficient (Wildman–Crippen LogP) is 4.92. The standard InChI is InChI=1S/C14H12BrCl2NO2/c1-9-6-11(16)14(12(17)7-9)20-5-4-19-13-3-2-10(15)8-18-13/h2-3,6-8H,4-5H2,1H3. The first-order valence-corrected chi connectivity index (χ1v) is 7.44. The first-order chi connectivity index (χ1) is 9.56. The molecule has 0 aliphatic heterocycles. The topological polar surface area (TPSA) is 31.4 Å². The van der Waals surface area contributed by atoms with Gasteiger partial charge in [0.25, 0.3) is 0 Å². The molecule has 20 heavy (non-hydrogen) atoms. The van der Waals surface area contributed by atoms with Gasteiger partial charge in [0.05, 0.1) is 10.0 Å². The van der Waals surface area contributed by atoms with E-state index >= 15 is 0 Å². The summed E-state index contributed by atoms with van der Waals surface area (Å²) in [6, 6.07) is 7.24. The van der Waals surface area contributed by atoms with Gasteiger partial charge in [0.15, 0.2) is 5.75 Å². The summed E-state index contributed by atoms with van der Waals surface area (Å²) in [7, 11) is 0. The fourth-order valence-electron chi connectivity index (χ4n) is 1.56. The fraction of sp³-hybridized carbons (Fsp3) is 0.214. The van der Waals surface area contributed by atoms with Crippen LogP contribution < -0.4 is 9.47 Å². The van der Waals surface area contributed by atoms with Crippen molar-refractivity contribution in [2.24, 2.45) is 0 Å². The van der Waals surface area contributed by atoms with E-state index in [1.165, 1.54) is 0 Å². The monoisotopic (exact) mass is 375 g/mol. The highest BCUT2D eigenvalue weighted by atomic mass is 79.9. The van der Waals surface area contributed by atoms with Crippen LogP contribution in [0, 0.1) is 6.92 Å². The lowest BCUT2D eigenvalue weighted by molar-refractivity contribution is 0.212. The lowest BCUT2D eigenvalue weighted by Crippen LogP contribution is -2.10. The Hall–Kier alpha value is -0.970. The van der Waals surface area contributed by atoms with E-state index in [1.54, 1.807) is 24.4 Å². The average molecular weight is 377 g/mol. The summed E-state index contributed by atoms with van der Waals surface area (Å²) in [5.74, 6) is 1.02. The summed E-state index contributed by atoms with van der Waals surface area (Å²) in [5, 5.41) is 0.994. The summed E-state index contributed by atoms with van der Waals surface area (Å²) in [5.41, 5.74) is 0.989. The number of benzene rings is 1. The van der Waals surface area contributed by atoms with E-state index in [-0.39, 0.29) is 0 Å². The van der Waals surface area contributed by atoms with Crippen LogP contribution >= 0.6 is 39.1 Å². The third kappa shape index (κ3) is 4.27. The molecule has 2 aromatic rings. The molecule has 0 aliphatic rings. The molecule has 1 aromatic heterocycles. The quantitative estimate of drug-likeness (QED) is 0.694. The average Bonchev–Trinajstić information content (AvgIpc) is 2.39. The minimum Gasteiger partial charge on any atom is -0.487 e. The van der Waals surface area contributed by atoms with Gasteiger partial charge in [-0.25, -0.2) is 4.98 Å². The molecule has 6 heteroatoms. The smallest absolute Gasteiger partial charge is 0.213 e. The predicted molar refractivity (Wildman–Crippen MR) is 84.1 cm³/mol. The van der Waals surface area contributed by atoms with E-state index in [4.69, 9.17) is 32.7 Å². The Balaban J connectivity index is 1.86. The van der Waals surface area contributed by atoms with Crippen molar-refractivity contribution in [2.75, 3.05) is 13.2 Å². The molecule has 0 unspecified atom stereocenters. The number of hydrogen-bond acceptors (Lipinski definition) is 3. The second kappa shape index (κ2) is 7.16. The van der Waals surface area contributed by atoms with Crippen LogP contribution in [0.2, 0.25) is 10.0 Å². The van der Waals surface area contributed by atoms with Crippen LogP contribution in [0.4, 0.5) is 0 Å². The molecule has 0 saturated carbocycles. The summed E-state index contributed by atoms with van der Waals surface area (Å²) in [4.78, 5) is 4.09. The molecule has 2 rings (SSSR count). The van der Waals surface area contributed by atoms with Gasteiger partial charge in [0.1, 0.15) is 13.2 Å². The molecule has 106 valence electrons. The fourth-order valence-corrected chi connectivity index (χ4v) is 2.50. The van der Waals surface area contributed by atoms with Crippen molar-refractivity contribution in [3.63, 3.8) is 0 Å². The second-order valence-corrected chi connectivity index (χ2v) is 5.80.